The van der Waals surface area contributed by atoms with Crippen molar-refractivity contribution in [2.45, 2.75) is 13.8 Å². The fourth-order valence-corrected chi connectivity index (χ4v) is 3.24. The first kappa shape index (κ1) is 22.3. The number of nitrogens with zero attached hydrogens (tertiary/aromatic N) is 2. The van der Waals surface area contributed by atoms with E-state index in [9.17, 15) is 9.18 Å². The van der Waals surface area contributed by atoms with Crippen LogP contribution < -0.4 is 10.6 Å². The summed E-state index contributed by atoms with van der Waals surface area (Å²) < 4.78 is 15.2. The number of carbonyl (C=O) groups excluding carboxylic acids is 1. The molecule has 0 bridgehead atoms. The lowest BCUT2D eigenvalue weighted by atomic mass is 10.1. The first-order chi connectivity index (χ1) is 14.5. The first-order valence-corrected chi connectivity index (χ1v) is 9.88. The van der Waals surface area contributed by atoms with Gasteiger partial charge in [-0.05, 0) is 53.4 Å². The number of fused-ring (bicyclic) bond motifs is 1. The highest BCUT2D eigenvalue weighted by atomic mass is 35.5. The number of nitrogens with one attached hydrogen (secondary N) is 2. The number of pyridine rings is 1. The number of rotatable bonds is 5. The Morgan fingerprint density at radius 2 is 1.81 bits per heavy atom. The van der Waals surface area contributed by atoms with E-state index in [1.165, 1.54) is 12.1 Å². The predicted molar refractivity (Wildman–Crippen MR) is 125 cm³/mol. The Balaban J connectivity index is 0.00000272. The van der Waals surface area contributed by atoms with Crippen molar-refractivity contribution in [1.82, 2.24) is 14.7 Å². The van der Waals surface area contributed by atoms with Gasteiger partial charge in [-0.1, -0.05) is 38.1 Å². The zero-order valence-electron chi connectivity index (χ0n) is 17.3. The quantitative estimate of drug-likeness (QED) is 0.401. The summed E-state index contributed by atoms with van der Waals surface area (Å²) in [5.74, 6) is 0.134. The number of aromatic nitrogens is 2. The van der Waals surface area contributed by atoms with Crippen LogP contribution in [0.1, 0.15) is 13.8 Å². The van der Waals surface area contributed by atoms with E-state index in [1.54, 1.807) is 12.1 Å². The molecule has 2 heterocycles. The number of carbonyl (C=O) groups is 1. The van der Waals surface area contributed by atoms with Gasteiger partial charge in [-0.3, -0.25) is 4.40 Å². The van der Waals surface area contributed by atoms with E-state index in [2.05, 4.69) is 15.6 Å². The first-order valence-electron chi connectivity index (χ1n) is 9.88. The Labute approximate surface area is 186 Å². The molecule has 0 aliphatic carbocycles. The standard InChI is InChI=1S/C24H23FN4O.ClH/c1-16(2)14-27-24(30)28-21-5-3-4-19(12-21)22-15-26-23-13-18(10-11-29(22)23)17-6-8-20(25)9-7-17;/h3-13,15-16H,14H2,1-2H3,(H2,27,28,30);1H. The highest BCUT2D eigenvalue weighted by Crippen LogP contribution is 2.27. The van der Waals surface area contributed by atoms with E-state index in [-0.39, 0.29) is 24.3 Å². The predicted octanol–water partition coefficient (Wildman–Crippen LogP) is 6.01. The normalized spacial score (nSPS) is 10.7. The minimum absolute atomic E-state index is 0. The zero-order valence-corrected chi connectivity index (χ0v) is 18.1. The SMILES string of the molecule is CC(C)CNC(=O)Nc1cccc(-c2cnc3cc(-c4ccc(F)cc4)ccn23)c1.Cl. The van der Waals surface area contributed by atoms with Gasteiger partial charge < -0.3 is 10.6 Å². The number of halogens is 2. The third-order valence-electron chi connectivity index (χ3n) is 4.78. The molecule has 0 unspecified atom stereocenters. The lowest BCUT2D eigenvalue weighted by Gasteiger charge is -2.10. The summed E-state index contributed by atoms with van der Waals surface area (Å²) >= 11 is 0. The highest BCUT2D eigenvalue weighted by molar-refractivity contribution is 5.90. The van der Waals surface area contributed by atoms with Crippen molar-refractivity contribution >= 4 is 29.8 Å². The van der Waals surface area contributed by atoms with Gasteiger partial charge >= 0.3 is 6.03 Å². The number of benzene rings is 2. The second kappa shape index (κ2) is 9.62. The van der Waals surface area contributed by atoms with Crippen LogP contribution in [-0.2, 0) is 0 Å². The van der Waals surface area contributed by atoms with Gasteiger partial charge in [0.1, 0.15) is 11.5 Å². The van der Waals surface area contributed by atoms with Gasteiger partial charge in [0.05, 0.1) is 11.9 Å². The zero-order chi connectivity index (χ0) is 21.1. The molecular formula is C24H24ClFN4O. The van der Waals surface area contributed by atoms with E-state index in [0.717, 1.165) is 28.0 Å². The molecule has 0 saturated heterocycles. The average molecular weight is 439 g/mol. The van der Waals surface area contributed by atoms with Crippen LogP contribution in [0.5, 0.6) is 0 Å². The van der Waals surface area contributed by atoms with Gasteiger partial charge in [-0.15, -0.1) is 12.4 Å². The molecule has 7 heteroatoms. The summed E-state index contributed by atoms with van der Waals surface area (Å²) in [6, 6.07) is 17.8. The van der Waals surface area contributed by atoms with Crippen molar-refractivity contribution in [3.05, 3.63) is 78.9 Å². The van der Waals surface area contributed by atoms with Crippen molar-refractivity contribution in [3.63, 3.8) is 0 Å². The molecule has 0 aliphatic rings. The van der Waals surface area contributed by atoms with Crippen molar-refractivity contribution in [3.8, 4) is 22.4 Å². The lowest BCUT2D eigenvalue weighted by molar-refractivity contribution is 0.251. The summed E-state index contributed by atoms with van der Waals surface area (Å²) in [7, 11) is 0. The topological polar surface area (TPSA) is 58.4 Å². The van der Waals surface area contributed by atoms with Gasteiger partial charge in [0.25, 0.3) is 0 Å². The van der Waals surface area contributed by atoms with E-state index < -0.39 is 0 Å². The number of amides is 2. The van der Waals surface area contributed by atoms with Crippen molar-refractivity contribution in [1.29, 1.82) is 0 Å². The molecule has 0 saturated carbocycles. The molecule has 0 aliphatic heterocycles. The maximum Gasteiger partial charge on any atom is 0.319 e. The maximum atomic E-state index is 13.2. The van der Waals surface area contributed by atoms with Crippen LogP contribution in [-0.4, -0.2) is 22.0 Å². The second-order valence-corrected chi connectivity index (χ2v) is 7.60. The summed E-state index contributed by atoms with van der Waals surface area (Å²) in [6.45, 7) is 4.72. The Hall–Kier alpha value is -3.38. The fraction of sp³-hybridized carbons (Fsp3) is 0.167. The minimum Gasteiger partial charge on any atom is -0.338 e. The van der Waals surface area contributed by atoms with E-state index >= 15 is 0 Å². The molecule has 4 aromatic rings. The number of imidazole rings is 1. The van der Waals surface area contributed by atoms with Crippen LogP contribution in [0.25, 0.3) is 28.0 Å². The number of urea groups is 1. The maximum absolute atomic E-state index is 13.2. The Morgan fingerprint density at radius 1 is 1.03 bits per heavy atom. The van der Waals surface area contributed by atoms with Crippen LogP contribution in [0, 0.1) is 11.7 Å². The molecule has 2 N–H and O–H groups in total. The molecule has 2 aromatic heterocycles. The molecule has 2 aromatic carbocycles. The van der Waals surface area contributed by atoms with Crippen LogP contribution in [0.3, 0.4) is 0 Å². The Bertz CT molecular complexity index is 1190. The molecule has 160 valence electrons. The lowest BCUT2D eigenvalue weighted by Crippen LogP contribution is -2.31. The van der Waals surface area contributed by atoms with Gasteiger partial charge in [0.2, 0.25) is 0 Å². The summed E-state index contributed by atoms with van der Waals surface area (Å²) in [4.78, 5) is 16.6. The molecule has 0 fully saturated rings. The summed E-state index contributed by atoms with van der Waals surface area (Å²) in [5.41, 5.74) is 5.27. The molecule has 0 radical (unpaired) electrons. The monoisotopic (exact) mass is 438 g/mol. The fourth-order valence-electron chi connectivity index (χ4n) is 3.24. The molecule has 5 nitrogen and oxygen atoms in total. The van der Waals surface area contributed by atoms with Gasteiger partial charge in [0, 0.05) is 24.0 Å². The van der Waals surface area contributed by atoms with Crippen LogP contribution in [0.15, 0.2) is 73.1 Å². The molecule has 0 atom stereocenters. The van der Waals surface area contributed by atoms with E-state index in [1.807, 2.05) is 67.0 Å². The van der Waals surface area contributed by atoms with Crippen LogP contribution in [0.2, 0.25) is 0 Å². The Kier molecular flexibility index (Phi) is 6.92. The second-order valence-electron chi connectivity index (χ2n) is 7.60. The highest BCUT2D eigenvalue weighted by Gasteiger charge is 2.09. The number of anilines is 1. The van der Waals surface area contributed by atoms with Gasteiger partial charge in [-0.2, -0.15) is 0 Å². The van der Waals surface area contributed by atoms with Crippen molar-refractivity contribution < 1.29 is 9.18 Å². The molecule has 2 amide bonds. The number of hydrogen-bond donors (Lipinski definition) is 2. The molecule has 31 heavy (non-hydrogen) atoms. The average Bonchev–Trinajstić information content (AvgIpc) is 3.16. The third kappa shape index (κ3) is 5.22. The molecule has 0 spiro atoms. The summed E-state index contributed by atoms with van der Waals surface area (Å²) in [6.07, 6.45) is 3.76. The van der Waals surface area contributed by atoms with Gasteiger partial charge in [-0.25, -0.2) is 14.2 Å². The smallest absolute Gasteiger partial charge is 0.319 e. The third-order valence-corrected chi connectivity index (χ3v) is 4.78. The number of hydrogen-bond acceptors (Lipinski definition) is 2. The summed E-state index contributed by atoms with van der Waals surface area (Å²) in [5, 5.41) is 5.72. The van der Waals surface area contributed by atoms with Gasteiger partial charge in [0.15, 0.2) is 0 Å². The minimum atomic E-state index is -0.255. The largest absolute Gasteiger partial charge is 0.338 e. The van der Waals surface area contributed by atoms with Crippen LogP contribution in [0.4, 0.5) is 14.9 Å². The van der Waals surface area contributed by atoms with Crippen LogP contribution >= 0.6 is 12.4 Å². The molecular weight excluding hydrogens is 415 g/mol. The van der Waals surface area contributed by atoms with Crippen molar-refractivity contribution in [2.24, 2.45) is 5.92 Å². The molecule has 4 rings (SSSR count). The van der Waals surface area contributed by atoms with E-state index in [0.29, 0.717) is 18.2 Å². The van der Waals surface area contributed by atoms with E-state index in [4.69, 9.17) is 0 Å². The Morgan fingerprint density at radius 3 is 2.55 bits per heavy atom. The van der Waals surface area contributed by atoms with Crippen molar-refractivity contribution in [2.75, 3.05) is 11.9 Å².